The van der Waals surface area contributed by atoms with Crippen molar-refractivity contribution in [1.29, 1.82) is 0 Å². The van der Waals surface area contributed by atoms with Crippen molar-refractivity contribution in [2.75, 3.05) is 18.4 Å². The van der Waals surface area contributed by atoms with E-state index < -0.39 is 20.9 Å². The minimum Gasteiger partial charge on any atom is -0.489 e. The van der Waals surface area contributed by atoms with Crippen molar-refractivity contribution in [2.45, 2.75) is 44.1 Å². The highest BCUT2D eigenvalue weighted by Crippen LogP contribution is 2.31. The number of nitro benzene ring substituents is 1. The van der Waals surface area contributed by atoms with Crippen LogP contribution in [0.3, 0.4) is 0 Å². The molecule has 1 amide bonds. The van der Waals surface area contributed by atoms with Crippen molar-refractivity contribution in [3.05, 3.63) is 58.1 Å². The number of ether oxygens (including phenoxy) is 1. The van der Waals surface area contributed by atoms with Gasteiger partial charge in [-0.1, -0.05) is 12.5 Å². The Balaban J connectivity index is 1.94. The third-order valence-electron chi connectivity index (χ3n) is 4.83. The lowest BCUT2D eigenvalue weighted by molar-refractivity contribution is -0.384. The number of carbonyl (C=O) groups excluding carboxylic acids is 1. The Hall–Kier alpha value is -2.98. The fraction of sp³-hybridized carbons (Fsp3) is 0.381. The first-order chi connectivity index (χ1) is 14.7. The summed E-state index contributed by atoms with van der Waals surface area (Å²) in [5.74, 6) is -0.295. The summed E-state index contributed by atoms with van der Waals surface area (Å²) in [5.41, 5.74) is 0.0463. The maximum absolute atomic E-state index is 13.0. The van der Waals surface area contributed by atoms with Crippen LogP contribution in [0.1, 0.15) is 43.5 Å². The fourth-order valence-electron chi connectivity index (χ4n) is 3.33. The lowest BCUT2D eigenvalue weighted by Crippen LogP contribution is -2.35. The molecule has 0 spiro atoms. The van der Waals surface area contributed by atoms with Gasteiger partial charge in [0.05, 0.1) is 21.6 Å². The topological polar surface area (TPSA) is 119 Å². The number of carbonyl (C=O) groups is 1. The number of hydrogen-bond donors (Lipinski definition) is 1. The van der Waals surface area contributed by atoms with Gasteiger partial charge in [0.2, 0.25) is 10.0 Å². The third kappa shape index (κ3) is 5.39. The molecular formula is C21H25N3O6S. The molecule has 1 aliphatic heterocycles. The van der Waals surface area contributed by atoms with E-state index in [1.807, 2.05) is 13.8 Å². The molecule has 0 bridgehead atoms. The van der Waals surface area contributed by atoms with Crippen LogP contribution >= 0.6 is 0 Å². The molecule has 2 aromatic carbocycles. The number of hydrogen-bond acceptors (Lipinski definition) is 6. The van der Waals surface area contributed by atoms with Gasteiger partial charge in [-0.15, -0.1) is 0 Å². The molecule has 1 saturated heterocycles. The average Bonchev–Trinajstić information content (AvgIpc) is 2.75. The minimum absolute atomic E-state index is 0.0554. The van der Waals surface area contributed by atoms with Crippen LogP contribution in [0.15, 0.2) is 47.4 Å². The predicted octanol–water partition coefficient (Wildman–Crippen LogP) is 3.81. The largest absolute Gasteiger partial charge is 0.489 e. The fourth-order valence-corrected chi connectivity index (χ4v) is 4.88. The summed E-state index contributed by atoms with van der Waals surface area (Å²) in [5, 5.41) is 13.6. The van der Waals surface area contributed by atoms with Crippen LogP contribution in [0.25, 0.3) is 0 Å². The molecule has 9 nitrogen and oxygen atoms in total. The van der Waals surface area contributed by atoms with E-state index in [2.05, 4.69) is 5.32 Å². The van der Waals surface area contributed by atoms with E-state index in [1.54, 1.807) is 0 Å². The molecule has 31 heavy (non-hydrogen) atoms. The number of benzene rings is 2. The molecule has 10 heteroatoms. The van der Waals surface area contributed by atoms with Crippen molar-refractivity contribution < 1.29 is 22.9 Å². The second-order valence-electron chi connectivity index (χ2n) is 7.55. The zero-order valence-corrected chi connectivity index (χ0v) is 18.2. The summed E-state index contributed by atoms with van der Waals surface area (Å²) in [4.78, 5) is 23.2. The van der Waals surface area contributed by atoms with E-state index in [0.717, 1.165) is 25.3 Å². The summed E-state index contributed by atoms with van der Waals surface area (Å²) in [7, 11) is -3.71. The van der Waals surface area contributed by atoms with Crippen LogP contribution < -0.4 is 10.1 Å². The van der Waals surface area contributed by atoms with Crippen LogP contribution in [0.4, 0.5) is 11.4 Å². The zero-order valence-electron chi connectivity index (χ0n) is 17.4. The van der Waals surface area contributed by atoms with E-state index in [0.29, 0.717) is 18.8 Å². The molecule has 1 N–H and O–H groups in total. The molecular weight excluding hydrogens is 422 g/mol. The predicted molar refractivity (Wildman–Crippen MR) is 116 cm³/mol. The van der Waals surface area contributed by atoms with Gasteiger partial charge in [-0.25, -0.2) is 8.42 Å². The van der Waals surface area contributed by atoms with Gasteiger partial charge < -0.3 is 10.1 Å². The molecule has 166 valence electrons. The van der Waals surface area contributed by atoms with Crippen LogP contribution in [0.5, 0.6) is 5.75 Å². The van der Waals surface area contributed by atoms with Gasteiger partial charge in [-0.05, 0) is 51.0 Å². The number of amides is 1. The van der Waals surface area contributed by atoms with Crippen molar-refractivity contribution in [2.24, 2.45) is 0 Å². The molecule has 0 unspecified atom stereocenters. The Kier molecular flexibility index (Phi) is 6.91. The van der Waals surface area contributed by atoms with Gasteiger partial charge in [0.1, 0.15) is 5.75 Å². The summed E-state index contributed by atoms with van der Waals surface area (Å²) >= 11 is 0. The highest BCUT2D eigenvalue weighted by atomic mass is 32.2. The van der Waals surface area contributed by atoms with Crippen LogP contribution in [-0.2, 0) is 10.0 Å². The van der Waals surface area contributed by atoms with E-state index >= 15 is 0 Å². The standard InChI is InChI=1S/C21H25N3O6S/c1-15(2)30-20-10-9-18(31(28,29)23-11-4-3-5-12-23)14-19(20)22-21(25)16-7-6-8-17(13-16)24(26)27/h6-10,13-15H,3-5,11-12H2,1-2H3,(H,22,25). The quantitative estimate of drug-likeness (QED) is 0.509. The molecule has 1 fully saturated rings. The van der Waals surface area contributed by atoms with Crippen LogP contribution in [-0.4, -0.2) is 42.7 Å². The molecule has 0 aliphatic carbocycles. The lowest BCUT2D eigenvalue weighted by atomic mass is 10.2. The molecule has 2 aromatic rings. The average molecular weight is 448 g/mol. The lowest BCUT2D eigenvalue weighted by Gasteiger charge is -2.26. The van der Waals surface area contributed by atoms with Gasteiger partial charge in [-0.3, -0.25) is 14.9 Å². The van der Waals surface area contributed by atoms with E-state index in [9.17, 15) is 23.3 Å². The van der Waals surface area contributed by atoms with Crippen molar-refractivity contribution in [3.63, 3.8) is 0 Å². The Morgan fingerprint density at radius 3 is 2.48 bits per heavy atom. The maximum Gasteiger partial charge on any atom is 0.270 e. The summed E-state index contributed by atoms with van der Waals surface area (Å²) in [6.45, 7) is 4.54. The third-order valence-corrected chi connectivity index (χ3v) is 6.73. The van der Waals surface area contributed by atoms with E-state index in [1.165, 1.54) is 40.7 Å². The summed E-state index contributed by atoms with van der Waals surface area (Å²) < 4.78 is 33.3. The number of rotatable bonds is 7. The van der Waals surface area contributed by atoms with Crippen molar-refractivity contribution in [1.82, 2.24) is 4.31 Å². The number of piperidine rings is 1. The Morgan fingerprint density at radius 2 is 1.84 bits per heavy atom. The van der Waals surface area contributed by atoms with Crippen molar-refractivity contribution >= 4 is 27.3 Å². The second-order valence-corrected chi connectivity index (χ2v) is 9.49. The number of anilines is 1. The Bertz CT molecular complexity index is 1080. The molecule has 3 rings (SSSR count). The SMILES string of the molecule is CC(C)Oc1ccc(S(=O)(=O)N2CCCCC2)cc1NC(=O)c1cccc([N+](=O)[O-])c1. The number of nitrogens with one attached hydrogen (secondary N) is 1. The Labute approximate surface area is 181 Å². The Morgan fingerprint density at radius 1 is 1.13 bits per heavy atom. The number of non-ortho nitro benzene ring substituents is 1. The monoisotopic (exact) mass is 447 g/mol. The van der Waals surface area contributed by atoms with Gasteiger partial charge >= 0.3 is 0 Å². The first kappa shape index (κ1) is 22.7. The zero-order chi connectivity index (χ0) is 22.6. The number of nitrogens with zero attached hydrogens (tertiary/aromatic N) is 2. The highest BCUT2D eigenvalue weighted by Gasteiger charge is 2.27. The summed E-state index contributed by atoms with van der Waals surface area (Å²) in [6.07, 6.45) is 2.41. The smallest absolute Gasteiger partial charge is 0.270 e. The van der Waals surface area contributed by atoms with Crippen molar-refractivity contribution in [3.8, 4) is 5.75 Å². The molecule has 0 atom stereocenters. The molecule has 0 radical (unpaired) electrons. The summed E-state index contributed by atoms with van der Waals surface area (Å²) in [6, 6.07) is 9.65. The van der Waals surface area contributed by atoms with Gasteiger partial charge in [-0.2, -0.15) is 4.31 Å². The molecule has 1 heterocycles. The van der Waals surface area contributed by atoms with Gasteiger partial charge in [0.25, 0.3) is 11.6 Å². The molecule has 1 aliphatic rings. The van der Waals surface area contributed by atoms with Crippen LogP contribution in [0, 0.1) is 10.1 Å². The second kappa shape index (κ2) is 9.44. The van der Waals surface area contributed by atoms with E-state index in [4.69, 9.17) is 4.74 Å². The first-order valence-corrected chi connectivity index (χ1v) is 11.5. The van der Waals surface area contributed by atoms with Gasteiger partial charge in [0, 0.05) is 30.8 Å². The number of sulfonamides is 1. The minimum atomic E-state index is -3.71. The first-order valence-electron chi connectivity index (χ1n) is 10.0. The van der Waals surface area contributed by atoms with Gasteiger partial charge in [0.15, 0.2) is 0 Å². The molecule has 0 saturated carbocycles. The maximum atomic E-state index is 13.0. The molecule has 0 aromatic heterocycles. The normalized spacial score (nSPS) is 14.9. The van der Waals surface area contributed by atoms with Crippen LogP contribution in [0.2, 0.25) is 0 Å². The highest BCUT2D eigenvalue weighted by molar-refractivity contribution is 7.89. The number of nitro groups is 1. The van der Waals surface area contributed by atoms with E-state index in [-0.39, 0.29) is 27.9 Å².